The van der Waals surface area contributed by atoms with E-state index in [1.165, 1.54) is 11.1 Å². The standard InChI is InChI=1S/C14H16N2O2S/c1-10-4-5-15-7-11(10)8-16-9-13-3-2-12(19-13)6-14(17)18/h2-5,7,16H,6,8-9H2,1H3,(H,17,18). The van der Waals surface area contributed by atoms with Gasteiger partial charge in [0.1, 0.15) is 0 Å². The summed E-state index contributed by atoms with van der Waals surface area (Å²) in [5.74, 6) is -0.785. The molecule has 0 spiro atoms. The molecule has 4 nitrogen and oxygen atoms in total. The topological polar surface area (TPSA) is 62.2 Å². The number of thiophene rings is 1. The fourth-order valence-corrected chi connectivity index (χ4v) is 2.74. The average molecular weight is 276 g/mol. The van der Waals surface area contributed by atoms with E-state index in [4.69, 9.17) is 5.11 Å². The van der Waals surface area contributed by atoms with E-state index in [0.717, 1.165) is 22.8 Å². The smallest absolute Gasteiger partial charge is 0.308 e. The number of hydrogen-bond donors (Lipinski definition) is 2. The Morgan fingerprint density at radius 1 is 1.32 bits per heavy atom. The van der Waals surface area contributed by atoms with Crippen LogP contribution in [0.25, 0.3) is 0 Å². The maximum atomic E-state index is 10.6. The number of carboxylic acids is 1. The van der Waals surface area contributed by atoms with E-state index in [1.54, 1.807) is 17.5 Å². The van der Waals surface area contributed by atoms with Crippen LogP contribution in [-0.4, -0.2) is 16.1 Å². The first-order valence-corrected chi connectivity index (χ1v) is 6.86. The maximum absolute atomic E-state index is 10.6. The van der Waals surface area contributed by atoms with Crippen molar-refractivity contribution in [3.8, 4) is 0 Å². The Morgan fingerprint density at radius 2 is 2.11 bits per heavy atom. The lowest BCUT2D eigenvalue weighted by atomic mass is 10.1. The Balaban J connectivity index is 1.84. The van der Waals surface area contributed by atoms with E-state index in [9.17, 15) is 4.79 Å². The number of carbonyl (C=O) groups is 1. The minimum absolute atomic E-state index is 0.104. The minimum atomic E-state index is -0.785. The molecule has 5 heteroatoms. The molecule has 0 aromatic carbocycles. The number of pyridine rings is 1. The summed E-state index contributed by atoms with van der Waals surface area (Å²) in [7, 11) is 0. The lowest BCUT2D eigenvalue weighted by Gasteiger charge is -2.05. The second kappa shape index (κ2) is 6.45. The van der Waals surface area contributed by atoms with Crippen molar-refractivity contribution < 1.29 is 9.90 Å². The number of nitrogens with zero attached hydrogens (tertiary/aromatic N) is 1. The van der Waals surface area contributed by atoms with Crippen molar-refractivity contribution in [2.75, 3.05) is 0 Å². The van der Waals surface area contributed by atoms with Crippen LogP contribution < -0.4 is 5.32 Å². The summed E-state index contributed by atoms with van der Waals surface area (Å²) in [6.07, 6.45) is 3.76. The van der Waals surface area contributed by atoms with Crippen LogP contribution in [0.2, 0.25) is 0 Å². The summed E-state index contributed by atoms with van der Waals surface area (Å²) in [5, 5.41) is 12.1. The molecule has 0 radical (unpaired) electrons. The third kappa shape index (κ3) is 4.15. The molecule has 0 saturated heterocycles. The number of carboxylic acid groups (broad SMARTS) is 1. The first kappa shape index (κ1) is 13.7. The highest BCUT2D eigenvalue weighted by Gasteiger charge is 2.04. The van der Waals surface area contributed by atoms with E-state index in [1.807, 2.05) is 24.4 Å². The monoisotopic (exact) mass is 276 g/mol. The molecule has 0 aliphatic rings. The number of aryl methyl sites for hydroxylation is 1. The maximum Gasteiger partial charge on any atom is 0.308 e. The fourth-order valence-electron chi connectivity index (χ4n) is 1.76. The molecule has 0 amide bonds. The van der Waals surface area contributed by atoms with Gasteiger partial charge in [0.05, 0.1) is 6.42 Å². The summed E-state index contributed by atoms with van der Waals surface area (Å²) >= 11 is 1.54. The Morgan fingerprint density at radius 3 is 2.84 bits per heavy atom. The molecule has 2 aromatic rings. The van der Waals surface area contributed by atoms with Crippen molar-refractivity contribution >= 4 is 17.3 Å². The van der Waals surface area contributed by atoms with E-state index < -0.39 is 5.97 Å². The number of aromatic nitrogens is 1. The first-order chi connectivity index (χ1) is 9.15. The highest BCUT2D eigenvalue weighted by atomic mass is 32.1. The van der Waals surface area contributed by atoms with E-state index in [-0.39, 0.29) is 6.42 Å². The zero-order valence-electron chi connectivity index (χ0n) is 10.7. The molecule has 2 heterocycles. The van der Waals surface area contributed by atoms with Crippen LogP contribution in [0.5, 0.6) is 0 Å². The van der Waals surface area contributed by atoms with Crippen LogP contribution in [0.4, 0.5) is 0 Å². The lowest BCUT2D eigenvalue weighted by Crippen LogP contribution is -2.12. The Kier molecular flexibility index (Phi) is 4.65. The van der Waals surface area contributed by atoms with Crippen LogP contribution in [0.15, 0.2) is 30.6 Å². The molecule has 100 valence electrons. The second-order valence-corrected chi connectivity index (χ2v) is 5.60. The van der Waals surface area contributed by atoms with E-state index >= 15 is 0 Å². The van der Waals surface area contributed by atoms with Gasteiger partial charge in [-0.25, -0.2) is 0 Å². The summed E-state index contributed by atoms with van der Waals surface area (Å²) in [4.78, 5) is 16.7. The van der Waals surface area contributed by atoms with Gasteiger partial charge in [0.2, 0.25) is 0 Å². The Labute approximate surface area is 116 Å². The lowest BCUT2D eigenvalue weighted by molar-refractivity contribution is -0.136. The van der Waals surface area contributed by atoms with Gasteiger partial charge in [-0.2, -0.15) is 0 Å². The van der Waals surface area contributed by atoms with Crippen molar-refractivity contribution in [3.05, 3.63) is 51.5 Å². The molecule has 0 bridgehead atoms. The SMILES string of the molecule is Cc1ccncc1CNCc1ccc(CC(=O)O)s1. The number of rotatable bonds is 6. The zero-order valence-corrected chi connectivity index (χ0v) is 11.5. The van der Waals surface area contributed by atoms with Gasteiger partial charge >= 0.3 is 5.97 Å². The van der Waals surface area contributed by atoms with Crippen molar-refractivity contribution in [3.63, 3.8) is 0 Å². The van der Waals surface area contributed by atoms with Crippen LogP contribution in [0.3, 0.4) is 0 Å². The number of aliphatic carboxylic acids is 1. The van der Waals surface area contributed by atoms with Crippen LogP contribution in [0.1, 0.15) is 20.9 Å². The van der Waals surface area contributed by atoms with E-state index in [2.05, 4.69) is 17.2 Å². The van der Waals surface area contributed by atoms with Gasteiger partial charge in [0.15, 0.2) is 0 Å². The molecule has 2 N–H and O–H groups in total. The largest absolute Gasteiger partial charge is 0.481 e. The number of nitrogens with one attached hydrogen (secondary N) is 1. The Hall–Kier alpha value is -1.72. The molecule has 0 unspecified atom stereocenters. The van der Waals surface area contributed by atoms with Gasteiger partial charge in [-0.15, -0.1) is 11.3 Å². The van der Waals surface area contributed by atoms with Crippen LogP contribution >= 0.6 is 11.3 Å². The van der Waals surface area contributed by atoms with Gasteiger partial charge in [-0.05, 0) is 36.2 Å². The molecular weight excluding hydrogens is 260 g/mol. The van der Waals surface area contributed by atoms with Crippen molar-refractivity contribution in [2.24, 2.45) is 0 Å². The summed E-state index contributed by atoms with van der Waals surface area (Å²) in [6, 6.07) is 5.85. The molecule has 0 aliphatic heterocycles. The molecule has 0 fully saturated rings. The molecular formula is C14H16N2O2S. The summed E-state index contributed by atoms with van der Waals surface area (Å²) in [5.41, 5.74) is 2.41. The molecule has 2 rings (SSSR count). The number of hydrogen-bond acceptors (Lipinski definition) is 4. The molecule has 2 aromatic heterocycles. The predicted molar refractivity (Wildman–Crippen MR) is 75.2 cm³/mol. The average Bonchev–Trinajstić information content (AvgIpc) is 2.78. The van der Waals surface area contributed by atoms with Crippen molar-refractivity contribution in [2.45, 2.75) is 26.4 Å². The van der Waals surface area contributed by atoms with Gasteiger partial charge in [0.25, 0.3) is 0 Å². The first-order valence-electron chi connectivity index (χ1n) is 6.05. The van der Waals surface area contributed by atoms with E-state index in [0.29, 0.717) is 0 Å². The minimum Gasteiger partial charge on any atom is -0.481 e. The van der Waals surface area contributed by atoms with Crippen molar-refractivity contribution in [1.82, 2.24) is 10.3 Å². The third-order valence-electron chi connectivity index (χ3n) is 2.80. The molecule has 19 heavy (non-hydrogen) atoms. The second-order valence-electron chi connectivity index (χ2n) is 4.34. The highest BCUT2D eigenvalue weighted by molar-refractivity contribution is 7.12. The highest BCUT2D eigenvalue weighted by Crippen LogP contribution is 2.17. The van der Waals surface area contributed by atoms with Crippen LogP contribution in [0, 0.1) is 6.92 Å². The van der Waals surface area contributed by atoms with Crippen LogP contribution in [-0.2, 0) is 24.3 Å². The van der Waals surface area contributed by atoms with Gasteiger partial charge in [0, 0.05) is 35.2 Å². The summed E-state index contributed by atoms with van der Waals surface area (Å²) in [6.45, 7) is 3.58. The normalized spacial score (nSPS) is 10.6. The zero-order chi connectivity index (χ0) is 13.7. The van der Waals surface area contributed by atoms with Gasteiger partial charge in [-0.1, -0.05) is 0 Å². The molecule has 0 atom stereocenters. The molecule has 0 aliphatic carbocycles. The summed E-state index contributed by atoms with van der Waals surface area (Å²) < 4.78 is 0. The van der Waals surface area contributed by atoms with Crippen molar-refractivity contribution in [1.29, 1.82) is 0 Å². The predicted octanol–water partition coefficient (Wildman–Crippen LogP) is 2.37. The third-order valence-corrected chi connectivity index (χ3v) is 3.89. The fraction of sp³-hybridized carbons (Fsp3) is 0.286. The van der Waals surface area contributed by atoms with Gasteiger partial charge in [-0.3, -0.25) is 9.78 Å². The quantitative estimate of drug-likeness (QED) is 0.850. The molecule has 0 saturated carbocycles. The Bertz CT molecular complexity index is 566. The van der Waals surface area contributed by atoms with Gasteiger partial charge < -0.3 is 10.4 Å².